The van der Waals surface area contributed by atoms with Crippen LogP contribution in [0.3, 0.4) is 0 Å². The second-order valence-electron chi connectivity index (χ2n) is 7.09. The molecule has 0 radical (unpaired) electrons. The van der Waals surface area contributed by atoms with Crippen molar-refractivity contribution < 1.29 is 27.2 Å². The number of halogens is 4. The van der Waals surface area contributed by atoms with E-state index < -0.39 is 23.5 Å². The number of rotatable bonds is 2. The number of carbonyl (C=O) groups is 2. The lowest BCUT2D eigenvalue weighted by Crippen LogP contribution is -2.36. The van der Waals surface area contributed by atoms with Crippen LogP contribution < -0.4 is 11.1 Å². The summed E-state index contributed by atoms with van der Waals surface area (Å²) < 4.78 is 55.3. The highest BCUT2D eigenvalue weighted by Crippen LogP contribution is 2.45. The van der Waals surface area contributed by atoms with Crippen molar-refractivity contribution in [2.75, 3.05) is 17.6 Å². The molecule has 31 heavy (non-hydrogen) atoms. The zero-order chi connectivity index (χ0) is 22.5. The highest BCUT2D eigenvalue weighted by Gasteiger charge is 2.41. The molecule has 4 rings (SSSR count). The van der Waals surface area contributed by atoms with Gasteiger partial charge in [-0.15, -0.1) is 11.3 Å². The summed E-state index contributed by atoms with van der Waals surface area (Å²) in [6.07, 6.45) is -4.59. The minimum Gasteiger partial charge on any atom is -0.397 e. The fourth-order valence-corrected chi connectivity index (χ4v) is 4.62. The summed E-state index contributed by atoms with van der Waals surface area (Å²) in [5.74, 6) is -1.55. The molecule has 2 aromatic heterocycles. The zero-order valence-corrected chi connectivity index (χ0v) is 17.0. The Morgan fingerprint density at radius 2 is 1.90 bits per heavy atom. The predicted molar refractivity (Wildman–Crippen MR) is 108 cm³/mol. The van der Waals surface area contributed by atoms with Gasteiger partial charge in [0.25, 0.3) is 5.91 Å². The molecule has 1 aliphatic rings. The first-order valence-electron chi connectivity index (χ1n) is 9.19. The summed E-state index contributed by atoms with van der Waals surface area (Å²) in [6.45, 7) is 1.33. The van der Waals surface area contributed by atoms with Crippen LogP contribution in [-0.2, 0) is 23.9 Å². The summed E-state index contributed by atoms with van der Waals surface area (Å²) in [7, 11) is 0. The Bertz CT molecular complexity index is 1200. The van der Waals surface area contributed by atoms with Crippen molar-refractivity contribution in [3.8, 4) is 0 Å². The van der Waals surface area contributed by atoms with Gasteiger partial charge in [0.2, 0.25) is 5.91 Å². The largest absolute Gasteiger partial charge is 0.417 e. The number of benzene rings is 1. The summed E-state index contributed by atoms with van der Waals surface area (Å²) in [4.78, 5) is 29.9. The van der Waals surface area contributed by atoms with Gasteiger partial charge in [-0.1, -0.05) is 0 Å². The Labute approximate surface area is 177 Å². The number of nitrogens with one attached hydrogen (secondary N) is 1. The van der Waals surface area contributed by atoms with Crippen molar-refractivity contribution in [1.82, 2.24) is 9.88 Å². The van der Waals surface area contributed by atoms with E-state index in [0.29, 0.717) is 0 Å². The van der Waals surface area contributed by atoms with Gasteiger partial charge in [-0.05, 0) is 24.3 Å². The minimum atomic E-state index is -4.76. The smallest absolute Gasteiger partial charge is 0.397 e. The number of nitrogens with zero attached hydrogens (tertiary/aromatic N) is 2. The van der Waals surface area contributed by atoms with Crippen LogP contribution in [-0.4, -0.2) is 28.2 Å². The van der Waals surface area contributed by atoms with Crippen LogP contribution in [0.4, 0.5) is 28.9 Å². The molecule has 0 saturated carbocycles. The molecule has 3 N–H and O–H groups in total. The lowest BCUT2D eigenvalue weighted by Gasteiger charge is -2.29. The number of hydrogen-bond acceptors (Lipinski definition) is 5. The van der Waals surface area contributed by atoms with Gasteiger partial charge < -0.3 is 16.0 Å². The van der Waals surface area contributed by atoms with Crippen molar-refractivity contribution >= 4 is 44.7 Å². The summed E-state index contributed by atoms with van der Waals surface area (Å²) in [5, 5.41) is 2.16. The summed E-state index contributed by atoms with van der Waals surface area (Å²) in [5.41, 5.74) is 5.12. The van der Waals surface area contributed by atoms with Gasteiger partial charge in [-0.2, -0.15) is 13.2 Å². The van der Waals surface area contributed by atoms with Crippen molar-refractivity contribution in [3.63, 3.8) is 0 Å². The van der Waals surface area contributed by atoms with Crippen molar-refractivity contribution in [2.45, 2.75) is 26.1 Å². The molecule has 6 nitrogen and oxygen atoms in total. The van der Waals surface area contributed by atoms with Gasteiger partial charge in [0.1, 0.15) is 15.5 Å². The molecule has 3 aromatic rings. The van der Waals surface area contributed by atoms with Crippen molar-refractivity contribution in [2.24, 2.45) is 0 Å². The Morgan fingerprint density at radius 3 is 2.52 bits per heavy atom. The number of aromatic nitrogens is 1. The molecule has 0 bridgehead atoms. The third-order valence-electron chi connectivity index (χ3n) is 5.07. The third kappa shape index (κ3) is 3.80. The minimum absolute atomic E-state index is 0.00380. The van der Waals surface area contributed by atoms with Crippen molar-refractivity contribution in [3.05, 3.63) is 51.8 Å². The fraction of sp³-hybridized carbons (Fsp3) is 0.250. The molecular formula is C20H16F4N4O2S. The maximum atomic E-state index is 14.1. The van der Waals surface area contributed by atoms with E-state index in [9.17, 15) is 27.2 Å². The molecule has 0 fully saturated rings. The van der Waals surface area contributed by atoms with Gasteiger partial charge in [0.05, 0.1) is 11.3 Å². The van der Waals surface area contributed by atoms with E-state index in [1.54, 1.807) is 0 Å². The van der Waals surface area contributed by atoms with Gasteiger partial charge >= 0.3 is 6.18 Å². The molecule has 2 amide bonds. The third-order valence-corrected chi connectivity index (χ3v) is 6.17. The topological polar surface area (TPSA) is 88.3 Å². The number of thiophene rings is 1. The van der Waals surface area contributed by atoms with Crippen LogP contribution >= 0.6 is 11.3 Å². The van der Waals surface area contributed by atoms with E-state index in [1.807, 2.05) is 0 Å². The van der Waals surface area contributed by atoms with E-state index in [2.05, 4.69) is 10.3 Å². The molecule has 0 unspecified atom stereocenters. The predicted octanol–water partition coefficient (Wildman–Crippen LogP) is 4.19. The molecule has 11 heteroatoms. The number of carbonyl (C=O) groups excluding carboxylic acids is 2. The fourth-order valence-electron chi connectivity index (χ4n) is 3.60. The molecule has 0 atom stereocenters. The number of hydrogen-bond donors (Lipinski definition) is 2. The molecule has 1 aromatic carbocycles. The molecular weight excluding hydrogens is 436 g/mol. The Hall–Kier alpha value is -3.21. The zero-order valence-electron chi connectivity index (χ0n) is 16.1. The SMILES string of the molecule is CC(=O)N1CCc2nc3sc(C(=O)Nc4ccc(F)cc4)c(N)c3c(C(F)(F)F)c2C1. The Balaban J connectivity index is 1.84. The van der Waals surface area contributed by atoms with Gasteiger partial charge in [0, 0.05) is 48.8 Å². The highest BCUT2D eigenvalue weighted by atomic mass is 32.1. The van der Waals surface area contributed by atoms with E-state index in [1.165, 1.54) is 24.0 Å². The van der Waals surface area contributed by atoms with Crippen LogP contribution in [0.1, 0.15) is 33.4 Å². The molecule has 3 heterocycles. The first-order valence-corrected chi connectivity index (χ1v) is 10.0. The lowest BCUT2D eigenvalue weighted by atomic mass is 9.96. The van der Waals surface area contributed by atoms with E-state index in [-0.39, 0.29) is 63.1 Å². The maximum absolute atomic E-state index is 14.1. The summed E-state index contributed by atoms with van der Waals surface area (Å²) in [6, 6.07) is 4.93. The number of anilines is 2. The molecule has 0 spiro atoms. The lowest BCUT2D eigenvalue weighted by molar-refractivity contribution is -0.138. The standard InChI is InChI=1S/C20H16F4N4O2S/c1-9(29)28-7-6-13-12(8-28)15(20(22,23)24)14-16(25)17(31-19(14)27-13)18(30)26-11-4-2-10(21)3-5-11/h2-5H,6-8,25H2,1H3,(H,26,30). The second-order valence-corrected chi connectivity index (χ2v) is 8.09. The number of nitrogen functional groups attached to an aromatic ring is 1. The second kappa shape index (κ2) is 7.49. The monoisotopic (exact) mass is 452 g/mol. The van der Waals surface area contributed by atoms with Gasteiger partial charge in [-0.25, -0.2) is 9.37 Å². The summed E-state index contributed by atoms with van der Waals surface area (Å²) >= 11 is 0.762. The molecule has 0 aliphatic carbocycles. The number of alkyl halides is 3. The Kier molecular flexibility index (Phi) is 5.08. The number of pyridine rings is 1. The number of fused-ring (bicyclic) bond motifs is 2. The first kappa shape index (κ1) is 21.0. The van der Waals surface area contributed by atoms with Gasteiger partial charge in [-0.3, -0.25) is 9.59 Å². The highest BCUT2D eigenvalue weighted by molar-refractivity contribution is 7.21. The van der Waals surface area contributed by atoms with E-state index in [0.717, 1.165) is 23.5 Å². The first-order chi connectivity index (χ1) is 14.6. The number of amides is 2. The average Bonchev–Trinajstić information content (AvgIpc) is 3.02. The molecule has 1 aliphatic heterocycles. The van der Waals surface area contributed by atoms with Crippen LogP contribution in [0.15, 0.2) is 24.3 Å². The van der Waals surface area contributed by atoms with Crippen molar-refractivity contribution in [1.29, 1.82) is 0 Å². The average molecular weight is 452 g/mol. The Morgan fingerprint density at radius 1 is 1.23 bits per heavy atom. The molecule has 0 saturated heterocycles. The number of nitrogens with two attached hydrogens (primary N) is 1. The van der Waals surface area contributed by atoms with E-state index >= 15 is 0 Å². The quantitative estimate of drug-likeness (QED) is 0.571. The maximum Gasteiger partial charge on any atom is 0.417 e. The van der Waals surface area contributed by atoms with Crippen LogP contribution in [0, 0.1) is 5.82 Å². The van der Waals surface area contributed by atoms with Gasteiger partial charge in [0.15, 0.2) is 0 Å². The van der Waals surface area contributed by atoms with E-state index in [4.69, 9.17) is 5.73 Å². The molecule has 162 valence electrons. The van der Waals surface area contributed by atoms with Crippen LogP contribution in [0.5, 0.6) is 0 Å². The van der Waals surface area contributed by atoms with Crippen LogP contribution in [0.25, 0.3) is 10.2 Å². The van der Waals surface area contributed by atoms with Crippen LogP contribution in [0.2, 0.25) is 0 Å². The normalized spacial score (nSPS) is 13.9.